The van der Waals surface area contributed by atoms with Crippen molar-refractivity contribution in [2.24, 2.45) is 11.7 Å². The maximum absolute atomic E-state index is 6.37. The third kappa shape index (κ3) is 1.99. The van der Waals surface area contributed by atoms with Crippen molar-refractivity contribution in [2.75, 3.05) is 0 Å². The zero-order chi connectivity index (χ0) is 12.0. The van der Waals surface area contributed by atoms with Gasteiger partial charge in [0.2, 0.25) is 0 Å². The second kappa shape index (κ2) is 4.27. The number of aryl methyl sites for hydroxylation is 1. The lowest BCUT2D eigenvalue weighted by Gasteiger charge is -2.25. The van der Waals surface area contributed by atoms with Gasteiger partial charge in [-0.25, -0.2) is 0 Å². The van der Waals surface area contributed by atoms with Gasteiger partial charge in [0.15, 0.2) is 0 Å². The van der Waals surface area contributed by atoms with Crippen LogP contribution in [0.5, 0.6) is 0 Å². The Morgan fingerprint density at radius 1 is 1.41 bits per heavy atom. The summed E-state index contributed by atoms with van der Waals surface area (Å²) < 4.78 is 5.87. The molecule has 2 heterocycles. The summed E-state index contributed by atoms with van der Waals surface area (Å²) in [4.78, 5) is 0. The van der Waals surface area contributed by atoms with E-state index in [4.69, 9.17) is 22.1 Å². The molecule has 2 aliphatic heterocycles. The Balaban J connectivity index is 1.81. The van der Waals surface area contributed by atoms with Gasteiger partial charge in [-0.15, -0.1) is 0 Å². The summed E-state index contributed by atoms with van der Waals surface area (Å²) in [5.74, 6) is 0.465. The van der Waals surface area contributed by atoms with Gasteiger partial charge in [0, 0.05) is 17.0 Å². The summed E-state index contributed by atoms with van der Waals surface area (Å²) in [6.07, 6.45) is 4.31. The highest BCUT2D eigenvalue weighted by molar-refractivity contribution is 6.31. The van der Waals surface area contributed by atoms with Crippen LogP contribution >= 0.6 is 11.6 Å². The summed E-state index contributed by atoms with van der Waals surface area (Å²) >= 11 is 6.16. The molecule has 4 atom stereocenters. The van der Waals surface area contributed by atoms with Crippen LogP contribution in [-0.4, -0.2) is 12.2 Å². The van der Waals surface area contributed by atoms with Gasteiger partial charge < -0.3 is 10.5 Å². The largest absolute Gasteiger partial charge is 0.375 e. The number of benzene rings is 1. The molecule has 0 saturated carbocycles. The van der Waals surface area contributed by atoms with Crippen molar-refractivity contribution in [1.82, 2.24) is 0 Å². The van der Waals surface area contributed by atoms with Gasteiger partial charge in [0.25, 0.3) is 0 Å². The molecule has 2 saturated heterocycles. The molecule has 4 unspecified atom stereocenters. The zero-order valence-electron chi connectivity index (χ0n) is 10.0. The highest BCUT2D eigenvalue weighted by atomic mass is 35.5. The molecule has 0 aliphatic carbocycles. The van der Waals surface area contributed by atoms with E-state index in [1.807, 2.05) is 19.1 Å². The number of hydrogen-bond donors (Lipinski definition) is 1. The van der Waals surface area contributed by atoms with Crippen LogP contribution in [0.2, 0.25) is 5.02 Å². The monoisotopic (exact) mass is 251 g/mol. The van der Waals surface area contributed by atoms with Crippen LogP contribution in [0.3, 0.4) is 0 Å². The van der Waals surface area contributed by atoms with Crippen molar-refractivity contribution in [3.05, 3.63) is 34.3 Å². The molecule has 1 aromatic rings. The first-order chi connectivity index (χ1) is 8.15. The van der Waals surface area contributed by atoms with Gasteiger partial charge in [0.05, 0.1) is 12.2 Å². The van der Waals surface area contributed by atoms with E-state index in [-0.39, 0.29) is 6.04 Å². The maximum Gasteiger partial charge on any atom is 0.0627 e. The van der Waals surface area contributed by atoms with Crippen LogP contribution in [-0.2, 0) is 4.74 Å². The fourth-order valence-electron chi connectivity index (χ4n) is 3.12. The SMILES string of the molecule is Cc1ccc(C(N)C2CC3CCC2O3)cc1Cl. The Bertz CT molecular complexity index is 434. The summed E-state index contributed by atoms with van der Waals surface area (Å²) in [6.45, 7) is 2.01. The highest BCUT2D eigenvalue weighted by Crippen LogP contribution is 2.44. The van der Waals surface area contributed by atoms with Crippen molar-refractivity contribution in [3.63, 3.8) is 0 Å². The summed E-state index contributed by atoms with van der Waals surface area (Å²) in [5, 5.41) is 0.807. The maximum atomic E-state index is 6.37. The number of fused-ring (bicyclic) bond motifs is 2. The highest BCUT2D eigenvalue weighted by Gasteiger charge is 2.43. The fraction of sp³-hybridized carbons (Fsp3) is 0.571. The minimum Gasteiger partial charge on any atom is -0.375 e. The number of hydrogen-bond acceptors (Lipinski definition) is 2. The van der Waals surface area contributed by atoms with Crippen LogP contribution in [0.4, 0.5) is 0 Å². The van der Waals surface area contributed by atoms with Gasteiger partial charge in [-0.2, -0.15) is 0 Å². The summed E-state index contributed by atoms with van der Waals surface area (Å²) in [7, 11) is 0. The Labute approximate surface area is 107 Å². The smallest absolute Gasteiger partial charge is 0.0627 e. The van der Waals surface area contributed by atoms with Crippen LogP contribution in [0, 0.1) is 12.8 Å². The molecule has 2 nitrogen and oxygen atoms in total. The van der Waals surface area contributed by atoms with E-state index in [0.29, 0.717) is 18.1 Å². The van der Waals surface area contributed by atoms with Gasteiger partial charge in [-0.1, -0.05) is 23.7 Å². The van der Waals surface area contributed by atoms with Crippen LogP contribution in [0.15, 0.2) is 18.2 Å². The first kappa shape index (κ1) is 11.5. The molecule has 3 heteroatoms. The third-order valence-electron chi connectivity index (χ3n) is 4.20. The van der Waals surface area contributed by atoms with Crippen LogP contribution < -0.4 is 5.73 Å². The Morgan fingerprint density at radius 2 is 2.24 bits per heavy atom. The molecule has 1 aromatic carbocycles. The van der Waals surface area contributed by atoms with E-state index in [0.717, 1.165) is 22.6 Å². The van der Waals surface area contributed by atoms with E-state index >= 15 is 0 Å². The molecule has 0 amide bonds. The normalized spacial score (nSPS) is 33.0. The Kier molecular flexibility index (Phi) is 2.89. The molecule has 0 aromatic heterocycles. The molecular weight excluding hydrogens is 234 g/mol. The van der Waals surface area contributed by atoms with Gasteiger partial charge in [-0.3, -0.25) is 0 Å². The Morgan fingerprint density at radius 3 is 2.82 bits per heavy atom. The zero-order valence-corrected chi connectivity index (χ0v) is 10.8. The summed E-state index contributed by atoms with van der Waals surface area (Å²) in [5.41, 5.74) is 8.61. The van der Waals surface area contributed by atoms with Crippen molar-refractivity contribution in [3.8, 4) is 0 Å². The van der Waals surface area contributed by atoms with Gasteiger partial charge in [-0.05, 0) is 43.4 Å². The van der Waals surface area contributed by atoms with Gasteiger partial charge >= 0.3 is 0 Å². The molecule has 2 fully saturated rings. The van der Waals surface area contributed by atoms with Crippen molar-refractivity contribution in [2.45, 2.75) is 44.4 Å². The number of nitrogens with two attached hydrogens (primary N) is 1. The van der Waals surface area contributed by atoms with Crippen molar-refractivity contribution >= 4 is 11.6 Å². The van der Waals surface area contributed by atoms with E-state index in [1.54, 1.807) is 0 Å². The quantitative estimate of drug-likeness (QED) is 0.876. The molecule has 0 spiro atoms. The minimum atomic E-state index is 0.0587. The molecule has 3 rings (SSSR count). The lowest BCUT2D eigenvalue weighted by Crippen LogP contribution is -2.29. The minimum absolute atomic E-state index is 0.0587. The predicted octanol–water partition coefficient (Wildman–Crippen LogP) is 3.22. The fourth-order valence-corrected chi connectivity index (χ4v) is 3.31. The first-order valence-corrected chi connectivity index (χ1v) is 6.70. The van der Waals surface area contributed by atoms with Crippen LogP contribution in [0.1, 0.15) is 36.4 Å². The van der Waals surface area contributed by atoms with Crippen molar-refractivity contribution in [1.29, 1.82) is 0 Å². The van der Waals surface area contributed by atoms with E-state index in [9.17, 15) is 0 Å². The number of halogens is 1. The molecule has 92 valence electrons. The van der Waals surface area contributed by atoms with Crippen LogP contribution in [0.25, 0.3) is 0 Å². The molecule has 2 aliphatic rings. The molecule has 2 N–H and O–H groups in total. The summed E-state index contributed by atoms with van der Waals surface area (Å²) in [6, 6.07) is 6.21. The van der Waals surface area contributed by atoms with E-state index < -0.39 is 0 Å². The van der Waals surface area contributed by atoms with Gasteiger partial charge in [0.1, 0.15) is 0 Å². The molecule has 0 radical (unpaired) electrons. The first-order valence-electron chi connectivity index (χ1n) is 6.32. The topological polar surface area (TPSA) is 35.2 Å². The second-order valence-corrected chi connectivity index (χ2v) is 5.72. The Hall–Kier alpha value is -0.570. The van der Waals surface area contributed by atoms with Crippen molar-refractivity contribution < 1.29 is 4.74 Å². The molecule has 17 heavy (non-hydrogen) atoms. The molecule has 2 bridgehead atoms. The third-order valence-corrected chi connectivity index (χ3v) is 4.60. The lowest BCUT2D eigenvalue weighted by molar-refractivity contribution is 0.0885. The average Bonchev–Trinajstić information content (AvgIpc) is 2.93. The second-order valence-electron chi connectivity index (χ2n) is 5.31. The number of rotatable bonds is 2. The van der Waals surface area contributed by atoms with E-state index in [2.05, 4.69) is 6.07 Å². The van der Waals surface area contributed by atoms with E-state index in [1.165, 1.54) is 12.8 Å². The average molecular weight is 252 g/mol. The standard InChI is InChI=1S/C14H18ClNO/c1-8-2-3-9(6-12(8)15)14(16)11-7-10-4-5-13(11)17-10/h2-3,6,10-11,13-14H,4-5,7,16H2,1H3. The molecular formula is C14H18ClNO. The lowest BCUT2D eigenvalue weighted by atomic mass is 9.81. The predicted molar refractivity (Wildman–Crippen MR) is 69.1 cm³/mol. The number of ether oxygens (including phenoxy) is 1.